The van der Waals surface area contributed by atoms with Crippen molar-refractivity contribution in [2.24, 2.45) is 11.8 Å². The van der Waals surface area contributed by atoms with Crippen LogP contribution in [0.1, 0.15) is 81.1 Å². The Bertz CT molecular complexity index is 565. The second-order valence-corrected chi connectivity index (χ2v) is 16.2. The Morgan fingerprint density at radius 1 is 1.00 bits per heavy atom. The lowest BCUT2D eigenvalue weighted by atomic mass is 9.85. The van der Waals surface area contributed by atoms with Gasteiger partial charge in [0.2, 0.25) is 0 Å². The van der Waals surface area contributed by atoms with Gasteiger partial charge in [-0.3, -0.25) is 0 Å². The van der Waals surface area contributed by atoms with Crippen molar-refractivity contribution in [2.45, 2.75) is 117 Å². The summed E-state index contributed by atoms with van der Waals surface area (Å²) in [5, 5.41) is 22.5. The largest absolute Gasteiger partial charge is 0.479 e. The zero-order valence-corrected chi connectivity index (χ0v) is 22.4. The molecule has 0 saturated heterocycles. The number of carbonyl (C=O) groups is 2. The lowest BCUT2D eigenvalue weighted by Crippen LogP contribution is -2.52. The number of carboxylic acids is 1. The minimum atomic E-state index is -1.87. The Morgan fingerprint density at radius 3 is 1.97 bits per heavy atom. The highest BCUT2D eigenvalue weighted by atomic mass is 28.4. The number of amides is 1. The van der Waals surface area contributed by atoms with Gasteiger partial charge in [-0.1, -0.05) is 41.0 Å². The van der Waals surface area contributed by atoms with Gasteiger partial charge in [0, 0.05) is 6.61 Å². The Labute approximate surface area is 190 Å². The van der Waals surface area contributed by atoms with E-state index in [1.165, 1.54) is 0 Å². The van der Waals surface area contributed by atoms with Gasteiger partial charge < -0.3 is 24.7 Å². The molecule has 1 amide bonds. The van der Waals surface area contributed by atoms with Crippen molar-refractivity contribution >= 4 is 20.4 Å². The van der Waals surface area contributed by atoms with Crippen LogP contribution in [0.15, 0.2) is 0 Å². The molecule has 0 bridgehead atoms. The van der Waals surface area contributed by atoms with E-state index in [0.717, 1.165) is 12.8 Å². The zero-order valence-electron chi connectivity index (χ0n) is 21.4. The maximum Gasteiger partial charge on any atom is 0.407 e. The van der Waals surface area contributed by atoms with E-state index in [2.05, 4.69) is 53.0 Å². The molecule has 0 aromatic rings. The molecule has 0 fully saturated rings. The molecular formula is C23H47NO6Si. The smallest absolute Gasteiger partial charge is 0.407 e. The first-order chi connectivity index (χ1) is 13.9. The molecule has 0 unspecified atom stereocenters. The van der Waals surface area contributed by atoms with Crippen LogP contribution in [0, 0.1) is 11.8 Å². The van der Waals surface area contributed by atoms with Crippen LogP contribution in [0.25, 0.3) is 0 Å². The van der Waals surface area contributed by atoms with E-state index in [-0.39, 0.29) is 11.0 Å². The number of carboxylic acid groups (broad SMARTS) is 1. The van der Waals surface area contributed by atoms with Crippen LogP contribution in [0.3, 0.4) is 0 Å². The summed E-state index contributed by atoms with van der Waals surface area (Å²) in [5.41, 5.74) is -0.715. The van der Waals surface area contributed by atoms with Crippen molar-refractivity contribution in [1.82, 2.24) is 5.32 Å². The first-order valence-electron chi connectivity index (χ1n) is 11.4. The van der Waals surface area contributed by atoms with Crippen molar-refractivity contribution in [3.63, 3.8) is 0 Å². The number of rotatable bonds is 12. The fourth-order valence-electron chi connectivity index (χ4n) is 2.99. The van der Waals surface area contributed by atoms with Crippen LogP contribution < -0.4 is 5.32 Å². The first-order valence-corrected chi connectivity index (χ1v) is 14.3. The van der Waals surface area contributed by atoms with Crippen LogP contribution in [-0.4, -0.2) is 54.9 Å². The lowest BCUT2D eigenvalue weighted by molar-refractivity contribution is -0.149. The molecule has 0 saturated carbocycles. The average molecular weight is 462 g/mol. The predicted octanol–water partition coefficient (Wildman–Crippen LogP) is 5.18. The van der Waals surface area contributed by atoms with Crippen LogP contribution in [0.2, 0.25) is 18.1 Å². The topological polar surface area (TPSA) is 105 Å². The van der Waals surface area contributed by atoms with Crippen molar-refractivity contribution in [3.8, 4) is 0 Å². The van der Waals surface area contributed by atoms with Gasteiger partial charge in [-0.05, 0) is 70.0 Å². The second kappa shape index (κ2) is 12.2. The molecule has 184 valence electrons. The van der Waals surface area contributed by atoms with Crippen LogP contribution in [-0.2, 0) is 14.0 Å². The average Bonchev–Trinajstić information content (AvgIpc) is 2.55. The number of hydrogen-bond donors (Lipinski definition) is 3. The molecular weight excluding hydrogens is 414 g/mol. The Balaban J connectivity index is 5.35. The fraction of sp³-hybridized carbons (Fsp3) is 0.913. The molecule has 0 rings (SSSR count). The molecule has 0 radical (unpaired) electrons. The SMILES string of the molecule is CC(C)CC[C@@H](CCCO[Si](C)(C)C(C)(C)C)[C@@H](NC(=O)OC(C)(C)C)[C@H](O)C(=O)O. The van der Waals surface area contributed by atoms with E-state index in [1.54, 1.807) is 20.8 Å². The minimum Gasteiger partial charge on any atom is -0.479 e. The van der Waals surface area contributed by atoms with E-state index in [4.69, 9.17) is 9.16 Å². The molecule has 3 N–H and O–H groups in total. The first kappa shape index (κ1) is 29.9. The van der Waals surface area contributed by atoms with Crippen LogP contribution in [0.5, 0.6) is 0 Å². The fourth-order valence-corrected chi connectivity index (χ4v) is 4.08. The van der Waals surface area contributed by atoms with Gasteiger partial charge in [-0.2, -0.15) is 0 Å². The number of ether oxygens (including phenoxy) is 1. The normalized spacial score (nSPS) is 16.0. The highest BCUT2D eigenvalue weighted by Crippen LogP contribution is 2.36. The summed E-state index contributed by atoms with van der Waals surface area (Å²) in [6.07, 6.45) is 0.519. The van der Waals surface area contributed by atoms with Crippen LogP contribution in [0.4, 0.5) is 4.79 Å². The number of alkyl carbamates (subject to hydrolysis) is 1. The lowest BCUT2D eigenvalue weighted by Gasteiger charge is -2.36. The van der Waals surface area contributed by atoms with Gasteiger partial charge in [-0.15, -0.1) is 0 Å². The van der Waals surface area contributed by atoms with Gasteiger partial charge in [0.1, 0.15) is 5.60 Å². The highest BCUT2D eigenvalue weighted by molar-refractivity contribution is 6.74. The Kier molecular flexibility index (Phi) is 11.8. The molecule has 0 aliphatic heterocycles. The molecule has 0 aromatic heterocycles. The third-order valence-corrected chi connectivity index (χ3v) is 10.4. The molecule has 7 nitrogen and oxygen atoms in total. The second-order valence-electron chi connectivity index (χ2n) is 11.4. The summed E-state index contributed by atoms with van der Waals surface area (Å²) < 4.78 is 11.6. The van der Waals surface area contributed by atoms with E-state index < -0.39 is 38.1 Å². The summed E-state index contributed by atoms with van der Waals surface area (Å²) in [6.45, 7) is 21.0. The van der Waals surface area contributed by atoms with Crippen molar-refractivity contribution in [1.29, 1.82) is 0 Å². The summed E-state index contributed by atoms with van der Waals surface area (Å²) in [5.74, 6) is -1.13. The number of aliphatic hydroxyl groups is 1. The molecule has 31 heavy (non-hydrogen) atoms. The molecule has 3 atom stereocenters. The highest BCUT2D eigenvalue weighted by Gasteiger charge is 2.38. The van der Waals surface area contributed by atoms with Gasteiger partial charge >= 0.3 is 12.1 Å². The number of hydrogen-bond acceptors (Lipinski definition) is 5. The number of carbonyl (C=O) groups excluding carboxylic acids is 1. The number of nitrogens with one attached hydrogen (secondary N) is 1. The van der Waals surface area contributed by atoms with Gasteiger partial charge in [-0.25, -0.2) is 9.59 Å². The molecule has 8 heteroatoms. The van der Waals surface area contributed by atoms with Crippen molar-refractivity contribution in [2.75, 3.05) is 6.61 Å². The Morgan fingerprint density at radius 2 is 1.55 bits per heavy atom. The van der Waals surface area contributed by atoms with Crippen molar-refractivity contribution in [3.05, 3.63) is 0 Å². The third-order valence-electron chi connectivity index (χ3n) is 5.89. The summed E-state index contributed by atoms with van der Waals surface area (Å²) in [4.78, 5) is 23.9. The molecule has 0 spiro atoms. The van der Waals surface area contributed by atoms with Gasteiger partial charge in [0.05, 0.1) is 6.04 Å². The maximum atomic E-state index is 12.4. The van der Waals surface area contributed by atoms with E-state index in [0.29, 0.717) is 25.4 Å². The molecule has 0 aliphatic carbocycles. The summed E-state index contributed by atoms with van der Waals surface area (Å²) in [7, 11) is -1.87. The summed E-state index contributed by atoms with van der Waals surface area (Å²) in [6, 6.07) is -0.932. The van der Waals surface area contributed by atoms with E-state index in [9.17, 15) is 19.8 Å². The van der Waals surface area contributed by atoms with Gasteiger partial charge in [0.15, 0.2) is 14.4 Å². The molecule has 0 heterocycles. The van der Waals surface area contributed by atoms with Gasteiger partial charge in [0.25, 0.3) is 0 Å². The summed E-state index contributed by atoms with van der Waals surface area (Å²) >= 11 is 0. The third kappa shape index (κ3) is 11.9. The number of aliphatic carboxylic acids is 1. The standard InChI is InChI=1S/C23H47NO6Si/c1-16(2)13-14-17(12-11-15-29-31(9,10)23(6,7)8)18(19(25)20(26)27)24-21(28)30-22(3,4)5/h16-19,25H,11-15H2,1-10H3,(H,24,28)(H,26,27)/t17-,18-,19+/m1/s1. The van der Waals surface area contributed by atoms with E-state index >= 15 is 0 Å². The van der Waals surface area contributed by atoms with Crippen molar-refractivity contribution < 1.29 is 29.0 Å². The maximum absolute atomic E-state index is 12.4. The van der Waals surface area contributed by atoms with E-state index in [1.807, 2.05) is 0 Å². The molecule has 0 aliphatic rings. The Hall–Kier alpha value is -1.12. The molecule has 0 aromatic carbocycles. The zero-order chi connectivity index (χ0) is 24.6. The monoisotopic (exact) mass is 461 g/mol. The number of aliphatic hydroxyl groups excluding tert-OH is 1. The quantitative estimate of drug-likeness (QED) is 0.273. The predicted molar refractivity (Wildman–Crippen MR) is 127 cm³/mol. The minimum absolute atomic E-state index is 0.115. The van der Waals surface area contributed by atoms with Crippen LogP contribution >= 0.6 is 0 Å².